The van der Waals surface area contributed by atoms with Gasteiger partial charge in [0.1, 0.15) is 5.82 Å². The van der Waals surface area contributed by atoms with Crippen molar-refractivity contribution in [2.45, 2.75) is 19.4 Å². The molecular weight excluding hydrogens is 221 g/mol. The molecule has 94 valence electrons. The maximum atomic E-state index is 12.9. The number of benzene rings is 1. The predicted molar refractivity (Wildman–Crippen MR) is 64.5 cm³/mol. The van der Waals surface area contributed by atoms with Crippen LogP contribution in [0, 0.1) is 5.82 Å². The van der Waals surface area contributed by atoms with Crippen LogP contribution in [0.1, 0.15) is 23.7 Å². The summed E-state index contributed by atoms with van der Waals surface area (Å²) in [5, 5.41) is 8.95. The molecule has 1 rings (SSSR count). The second-order valence-electron chi connectivity index (χ2n) is 4.20. The van der Waals surface area contributed by atoms with Crippen LogP contribution in [0.4, 0.5) is 4.39 Å². The molecule has 0 fully saturated rings. The van der Waals surface area contributed by atoms with E-state index in [1.54, 1.807) is 6.07 Å². The molecule has 0 saturated heterocycles. The first-order valence-electron chi connectivity index (χ1n) is 5.64. The van der Waals surface area contributed by atoms with Gasteiger partial charge in [0, 0.05) is 24.6 Å². The summed E-state index contributed by atoms with van der Waals surface area (Å²) < 4.78 is 12.9. The van der Waals surface area contributed by atoms with Crippen LogP contribution in [0.25, 0.3) is 0 Å². The number of likely N-dealkylation sites (N-methyl/N-ethyl adjacent to an activating group) is 1. The maximum Gasteiger partial charge on any atom is 0.164 e. The van der Waals surface area contributed by atoms with Gasteiger partial charge in [-0.25, -0.2) is 4.39 Å². The highest BCUT2D eigenvalue weighted by Gasteiger charge is 2.11. The number of aliphatic hydroxyl groups excluding tert-OH is 1. The lowest BCUT2D eigenvalue weighted by atomic mass is 10.1. The van der Waals surface area contributed by atoms with Gasteiger partial charge in [0.2, 0.25) is 0 Å². The lowest BCUT2D eigenvalue weighted by Crippen LogP contribution is -2.33. The fourth-order valence-corrected chi connectivity index (χ4v) is 1.44. The van der Waals surface area contributed by atoms with E-state index in [2.05, 4.69) is 0 Å². The van der Waals surface area contributed by atoms with E-state index in [1.807, 2.05) is 18.9 Å². The van der Waals surface area contributed by atoms with Crippen LogP contribution >= 0.6 is 0 Å². The Kier molecular flexibility index (Phi) is 5.25. The monoisotopic (exact) mass is 239 g/mol. The number of halogens is 1. The molecule has 1 atom stereocenters. The average molecular weight is 239 g/mol. The van der Waals surface area contributed by atoms with Gasteiger partial charge >= 0.3 is 0 Å². The molecule has 0 bridgehead atoms. The lowest BCUT2D eigenvalue weighted by molar-refractivity contribution is 0.0946. The van der Waals surface area contributed by atoms with Crippen LogP contribution in [0.15, 0.2) is 24.3 Å². The van der Waals surface area contributed by atoms with Crippen molar-refractivity contribution in [2.24, 2.45) is 0 Å². The van der Waals surface area contributed by atoms with Crippen molar-refractivity contribution in [3.8, 4) is 0 Å². The second kappa shape index (κ2) is 6.47. The van der Waals surface area contributed by atoms with E-state index >= 15 is 0 Å². The fraction of sp³-hybridized carbons (Fsp3) is 0.462. The van der Waals surface area contributed by atoms with Gasteiger partial charge in [-0.1, -0.05) is 12.1 Å². The van der Waals surface area contributed by atoms with Crippen molar-refractivity contribution in [1.82, 2.24) is 4.90 Å². The fourth-order valence-electron chi connectivity index (χ4n) is 1.44. The zero-order valence-corrected chi connectivity index (χ0v) is 10.2. The molecule has 4 heteroatoms. The average Bonchev–Trinajstić information content (AvgIpc) is 2.34. The Balaban J connectivity index is 2.50. The quantitative estimate of drug-likeness (QED) is 0.768. The molecule has 0 saturated carbocycles. The molecule has 0 heterocycles. The van der Waals surface area contributed by atoms with Crippen LogP contribution in [-0.2, 0) is 0 Å². The summed E-state index contributed by atoms with van der Waals surface area (Å²) in [6.07, 6.45) is 0.324. The lowest BCUT2D eigenvalue weighted by Gasteiger charge is -2.22. The van der Waals surface area contributed by atoms with Crippen LogP contribution < -0.4 is 0 Å². The van der Waals surface area contributed by atoms with Gasteiger partial charge in [0.25, 0.3) is 0 Å². The van der Waals surface area contributed by atoms with Gasteiger partial charge in [0.15, 0.2) is 5.78 Å². The molecule has 0 spiro atoms. The molecular formula is C13H18FNO2. The Morgan fingerprint density at radius 3 is 2.82 bits per heavy atom. The minimum absolute atomic E-state index is 0.0234. The van der Waals surface area contributed by atoms with Crippen molar-refractivity contribution in [3.63, 3.8) is 0 Å². The van der Waals surface area contributed by atoms with Crippen LogP contribution in [-0.4, -0.2) is 42.0 Å². The summed E-state index contributed by atoms with van der Waals surface area (Å²) in [5.41, 5.74) is 0.398. The molecule has 0 aromatic heterocycles. The van der Waals surface area contributed by atoms with Crippen LogP contribution in [0.2, 0.25) is 0 Å². The van der Waals surface area contributed by atoms with E-state index in [0.717, 1.165) is 0 Å². The first kappa shape index (κ1) is 13.8. The number of ketones is 1. The molecule has 3 nitrogen and oxygen atoms in total. The third kappa shape index (κ3) is 4.24. The van der Waals surface area contributed by atoms with Gasteiger partial charge < -0.3 is 10.0 Å². The number of aliphatic hydroxyl groups is 1. The number of nitrogens with zero attached hydrogens (tertiary/aromatic N) is 1. The Hall–Kier alpha value is -1.26. The number of rotatable bonds is 6. The predicted octanol–water partition coefficient (Wildman–Crippen LogP) is 1.71. The van der Waals surface area contributed by atoms with Crippen LogP contribution in [0.5, 0.6) is 0 Å². The molecule has 0 aliphatic rings. The molecule has 1 aromatic rings. The zero-order chi connectivity index (χ0) is 12.8. The Bertz CT molecular complexity index is 381. The SMILES string of the molecule is CC(CO)N(C)CCC(=O)c1cccc(F)c1. The molecule has 0 aliphatic heterocycles. The number of Topliss-reactive ketones (excluding diaryl/α,β-unsaturated/α-hetero) is 1. The summed E-state index contributed by atoms with van der Waals surface area (Å²) in [7, 11) is 1.85. The van der Waals surface area contributed by atoms with E-state index < -0.39 is 5.82 Å². The summed E-state index contributed by atoms with van der Waals surface area (Å²) in [5.74, 6) is -0.477. The molecule has 0 amide bonds. The van der Waals surface area contributed by atoms with Crippen molar-refractivity contribution < 1.29 is 14.3 Å². The normalized spacial score (nSPS) is 12.8. The van der Waals surface area contributed by atoms with Crippen molar-refractivity contribution in [1.29, 1.82) is 0 Å². The van der Waals surface area contributed by atoms with E-state index in [0.29, 0.717) is 18.5 Å². The van der Waals surface area contributed by atoms with Crippen molar-refractivity contribution in [3.05, 3.63) is 35.6 Å². The minimum Gasteiger partial charge on any atom is -0.395 e. The number of hydrogen-bond donors (Lipinski definition) is 1. The van der Waals surface area contributed by atoms with Crippen LogP contribution in [0.3, 0.4) is 0 Å². The Labute approximate surface area is 101 Å². The highest BCUT2D eigenvalue weighted by atomic mass is 19.1. The molecule has 0 aliphatic carbocycles. The van der Waals surface area contributed by atoms with Crippen molar-refractivity contribution >= 4 is 5.78 Å². The maximum absolute atomic E-state index is 12.9. The first-order valence-corrected chi connectivity index (χ1v) is 5.64. The van der Waals surface area contributed by atoms with Crippen molar-refractivity contribution in [2.75, 3.05) is 20.2 Å². The van der Waals surface area contributed by atoms with E-state index in [1.165, 1.54) is 18.2 Å². The molecule has 17 heavy (non-hydrogen) atoms. The summed E-state index contributed by atoms with van der Waals surface area (Å²) in [4.78, 5) is 13.7. The van der Waals surface area contributed by atoms with Gasteiger partial charge in [-0.2, -0.15) is 0 Å². The summed E-state index contributed by atoms with van der Waals surface area (Å²) in [6.45, 7) is 2.49. The number of hydrogen-bond acceptors (Lipinski definition) is 3. The third-order valence-electron chi connectivity index (χ3n) is 2.85. The molecule has 1 unspecified atom stereocenters. The Morgan fingerprint density at radius 1 is 1.53 bits per heavy atom. The van der Waals surface area contributed by atoms with E-state index in [4.69, 9.17) is 5.11 Å². The highest BCUT2D eigenvalue weighted by Crippen LogP contribution is 2.07. The third-order valence-corrected chi connectivity index (χ3v) is 2.85. The second-order valence-corrected chi connectivity index (χ2v) is 4.20. The van der Waals surface area contributed by atoms with Gasteiger partial charge in [-0.05, 0) is 26.1 Å². The van der Waals surface area contributed by atoms with Gasteiger partial charge in [0.05, 0.1) is 6.61 Å². The largest absolute Gasteiger partial charge is 0.395 e. The smallest absolute Gasteiger partial charge is 0.164 e. The highest BCUT2D eigenvalue weighted by molar-refractivity contribution is 5.96. The number of carbonyl (C=O) groups excluding carboxylic acids is 1. The molecule has 1 N–H and O–H groups in total. The topological polar surface area (TPSA) is 40.5 Å². The van der Waals surface area contributed by atoms with E-state index in [-0.39, 0.29) is 18.4 Å². The standard InChI is InChI=1S/C13H18FNO2/c1-10(9-16)15(2)7-6-13(17)11-4-3-5-12(14)8-11/h3-5,8,10,16H,6-7,9H2,1-2H3. The number of carbonyl (C=O) groups is 1. The van der Waals surface area contributed by atoms with E-state index in [9.17, 15) is 9.18 Å². The zero-order valence-electron chi connectivity index (χ0n) is 10.2. The minimum atomic E-state index is -0.395. The molecule has 0 radical (unpaired) electrons. The van der Waals surface area contributed by atoms with Gasteiger partial charge in [-0.3, -0.25) is 4.79 Å². The molecule has 1 aromatic carbocycles. The summed E-state index contributed by atoms with van der Waals surface area (Å²) in [6, 6.07) is 5.73. The van der Waals surface area contributed by atoms with Gasteiger partial charge in [-0.15, -0.1) is 0 Å². The Morgan fingerprint density at radius 2 is 2.24 bits per heavy atom. The summed E-state index contributed by atoms with van der Waals surface area (Å²) >= 11 is 0. The first-order chi connectivity index (χ1) is 8.04.